The number of rotatable bonds is 6. The summed E-state index contributed by atoms with van der Waals surface area (Å²) < 4.78 is 47.0. The number of aromatic nitrogens is 3. The van der Waals surface area contributed by atoms with Crippen LogP contribution in [0.3, 0.4) is 0 Å². The molecule has 2 aromatic heterocycles. The topological polar surface area (TPSA) is 78.0 Å². The Hall–Kier alpha value is -4.01. The van der Waals surface area contributed by atoms with Gasteiger partial charge in [0.05, 0.1) is 16.9 Å². The summed E-state index contributed by atoms with van der Waals surface area (Å²) in [6.45, 7) is 6.21. The molecule has 4 aromatic rings. The van der Waals surface area contributed by atoms with Gasteiger partial charge in [0.15, 0.2) is 0 Å². The highest BCUT2D eigenvalue weighted by molar-refractivity contribution is 5.70. The zero-order chi connectivity index (χ0) is 25.2. The molecule has 0 unspecified atom stereocenters. The van der Waals surface area contributed by atoms with E-state index in [9.17, 15) is 13.2 Å². The quantitative estimate of drug-likeness (QED) is 0.303. The van der Waals surface area contributed by atoms with Crippen molar-refractivity contribution in [2.75, 3.05) is 11.1 Å². The van der Waals surface area contributed by atoms with Crippen LogP contribution in [0.15, 0.2) is 72.8 Å². The fourth-order valence-corrected chi connectivity index (χ4v) is 3.47. The van der Waals surface area contributed by atoms with Crippen molar-refractivity contribution in [2.45, 2.75) is 39.1 Å². The molecule has 182 valence electrons. The minimum Gasteiger partial charge on any atom is -0.487 e. The molecule has 2 heterocycles. The molecule has 0 saturated heterocycles. The third kappa shape index (κ3) is 5.74. The maximum absolute atomic E-state index is 13.1. The second-order valence-electron chi connectivity index (χ2n) is 9.06. The number of pyridine rings is 1. The van der Waals surface area contributed by atoms with E-state index in [0.717, 1.165) is 17.2 Å². The molecular formula is C26H26F3N5O. The molecule has 0 aliphatic rings. The number of hydrogen-bond acceptors (Lipinski definition) is 5. The van der Waals surface area contributed by atoms with Crippen LogP contribution in [-0.2, 0) is 18.3 Å². The zero-order valence-corrected chi connectivity index (χ0v) is 19.6. The molecule has 0 amide bonds. The molecule has 0 aliphatic carbocycles. The van der Waals surface area contributed by atoms with Crippen molar-refractivity contribution in [3.05, 3.63) is 84.1 Å². The van der Waals surface area contributed by atoms with Crippen LogP contribution >= 0.6 is 0 Å². The highest BCUT2D eigenvalue weighted by Crippen LogP contribution is 2.34. The number of alkyl halides is 3. The van der Waals surface area contributed by atoms with Gasteiger partial charge in [-0.15, -0.1) is 0 Å². The minimum atomic E-state index is -4.53. The van der Waals surface area contributed by atoms with Gasteiger partial charge in [-0.25, -0.2) is 9.67 Å². The van der Waals surface area contributed by atoms with Crippen LogP contribution in [0.1, 0.15) is 32.0 Å². The van der Waals surface area contributed by atoms with Gasteiger partial charge in [-0.3, -0.25) is 0 Å². The van der Waals surface area contributed by atoms with Gasteiger partial charge in [-0.05, 0) is 50.6 Å². The summed E-state index contributed by atoms with van der Waals surface area (Å²) in [7, 11) is 0. The predicted octanol–water partition coefficient (Wildman–Crippen LogP) is 6.62. The van der Waals surface area contributed by atoms with E-state index in [-0.39, 0.29) is 5.82 Å². The Morgan fingerprint density at radius 1 is 0.943 bits per heavy atom. The fraction of sp³-hybridized carbons (Fsp3) is 0.231. The van der Waals surface area contributed by atoms with E-state index in [1.807, 2.05) is 57.2 Å². The summed E-state index contributed by atoms with van der Waals surface area (Å²) in [6, 6.07) is 20.6. The summed E-state index contributed by atoms with van der Waals surface area (Å²) in [5, 5.41) is 7.70. The Bertz CT molecular complexity index is 1310. The fourth-order valence-electron chi connectivity index (χ4n) is 3.47. The van der Waals surface area contributed by atoms with E-state index in [1.54, 1.807) is 22.9 Å². The van der Waals surface area contributed by atoms with Crippen molar-refractivity contribution >= 4 is 17.3 Å². The molecule has 0 atom stereocenters. The van der Waals surface area contributed by atoms with E-state index < -0.39 is 17.4 Å². The summed E-state index contributed by atoms with van der Waals surface area (Å²) in [5.41, 5.74) is 7.57. The molecule has 0 spiro atoms. The molecule has 3 N–H and O–H groups in total. The van der Waals surface area contributed by atoms with Crippen LogP contribution in [-0.4, -0.2) is 14.8 Å². The molecule has 4 rings (SSSR count). The Labute approximate surface area is 201 Å². The van der Waals surface area contributed by atoms with Crippen LogP contribution in [0.4, 0.5) is 30.5 Å². The molecule has 35 heavy (non-hydrogen) atoms. The van der Waals surface area contributed by atoms with Gasteiger partial charge in [0.25, 0.3) is 0 Å². The molecule has 0 radical (unpaired) electrons. The van der Waals surface area contributed by atoms with Gasteiger partial charge in [-0.2, -0.15) is 18.3 Å². The van der Waals surface area contributed by atoms with Crippen molar-refractivity contribution in [1.29, 1.82) is 0 Å². The van der Waals surface area contributed by atoms with Gasteiger partial charge in [-0.1, -0.05) is 42.5 Å². The molecule has 9 heteroatoms. The van der Waals surface area contributed by atoms with Crippen molar-refractivity contribution in [3.63, 3.8) is 0 Å². The smallest absolute Gasteiger partial charge is 0.433 e. The second-order valence-corrected chi connectivity index (χ2v) is 9.06. The van der Waals surface area contributed by atoms with Gasteiger partial charge in [0.1, 0.15) is 29.7 Å². The van der Waals surface area contributed by atoms with E-state index in [0.29, 0.717) is 29.6 Å². The summed E-state index contributed by atoms with van der Waals surface area (Å²) >= 11 is 0. The van der Waals surface area contributed by atoms with E-state index in [2.05, 4.69) is 10.3 Å². The monoisotopic (exact) mass is 481 g/mol. The maximum Gasteiger partial charge on any atom is 0.433 e. The molecule has 0 aliphatic heterocycles. The number of nitrogens with zero attached hydrogens (tertiary/aromatic N) is 3. The number of anilines is 3. The first-order valence-electron chi connectivity index (χ1n) is 11.0. The Balaban J connectivity index is 1.65. The number of nitrogens with two attached hydrogens (primary N) is 1. The number of ether oxygens (including phenoxy) is 1. The van der Waals surface area contributed by atoms with Crippen LogP contribution in [0.2, 0.25) is 0 Å². The molecular weight excluding hydrogens is 455 g/mol. The van der Waals surface area contributed by atoms with E-state index >= 15 is 0 Å². The highest BCUT2D eigenvalue weighted by atomic mass is 19.4. The average molecular weight is 482 g/mol. The van der Waals surface area contributed by atoms with Crippen molar-refractivity contribution in [2.24, 2.45) is 0 Å². The van der Waals surface area contributed by atoms with E-state index in [4.69, 9.17) is 15.6 Å². The van der Waals surface area contributed by atoms with Crippen LogP contribution in [0.5, 0.6) is 5.75 Å². The lowest BCUT2D eigenvalue weighted by molar-refractivity contribution is -0.141. The predicted molar refractivity (Wildman–Crippen MR) is 130 cm³/mol. The number of hydrogen-bond donors (Lipinski definition) is 2. The number of benzene rings is 2. The van der Waals surface area contributed by atoms with E-state index in [1.165, 1.54) is 12.1 Å². The number of halogens is 3. The zero-order valence-electron chi connectivity index (χ0n) is 19.6. The third-order valence-electron chi connectivity index (χ3n) is 5.19. The highest BCUT2D eigenvalue weighted by Gasteiger charge is 2.32. The lowest BCUT2D eigenvalue weighted by Crippen LogP contribution is -2.24. The van der Waals surface area contributed by atoms with Gasteiger partial charge < -0.3 is 15.8 Å². The first kappa shape index (κ1) is 24.1. The van der Waals surface area contributed by atoms with Gasteiger partial charge >= 0.3 is 6.18 Å². The first-order chi connectivity index (χ1) is 16.5. The van der Waals surface area contributed by atoms with Crippen molar-refractivity contribution < 1.29 is 17.9 Å². The average Bonchev–Trinajstić information content (AvgIpc) is 3.23. The molecule has 0 bridgehead atoms. The van der Waals surface area contributed by atoms with Crippen molar-refractivity contribution in [3.8, 4) is 17.0 Å². The number of nitrogen functional groups attached to an aromatic ring is 1. The Kier molecular flexibility index (Phi) is 6.43. The van der Waals surface area contributed by atoms with Gasteiger partial charge in [0, 0.05) is 11.6 Å². The van der Waals surface area contributed by atoms with Gasteiger partial charge in [0.2, 0.25) is 0 Å². The minimum absolute atomic E-state index is 0.0703. The normalized spacial score (nSPS) is 11.9. The largest absolute Gasteiger partial charge is 0.487 e. The first-order valence-corrected chi connectivity index (χ1v) is 11.0. The maximum atomic E-state index is 13.1. The lowest BCUT2D eigenvalue weighted by atomic mass is 10.1. The molecule has 0 saturated carbocycles. The molecule has 2 aromatic carbocycles. The van der Waals surface area contributed by atoms with Crippen LogP contribution in [0, 0.1) is 0 Å². The Morgan fingerprint density at radius 2 is 1.69 bits per heavy atom. The standard InChI is InChI=1S/C26H26F3N5O/c1-25(2,3)34-24(32-23-11-7-10-22(31-23)26(27,28)29)15-20(33-34)18-12-13-19(30)21(14-18)35-16-17-8-5-4-6-9-17/h4-15H,16,30H2,1-3H3,(H,31,32). The van der Waals surface area contributed by atoms with Crippen LogP contribution < -0.4 is 15.8 Å². The Morgan fingerprint density at radius 3 is 2.37 bits per heavy atom. The SMILES string of the molecule is CC(C)(C)n1nc(-c2ccc(N)c(OCc3ccccc3)c2)cc1Nc1cccc(C(F)(F)F)n1. The number of nitrogens with one attached hydrogen (secondary N) is 1. The third-order valence-corrected chi connectivity index (χ3v) is 5.19. The summed E-state index contributed by atoms with van der Waals surface area (Å²) in [6.07, 6.45) is -4.53. The molecule has 6 nitrogen and oxygen atoms in total. The lowest BCUT2D eigenvalue weighted by Gasteiger charge is -2.22. The molecule has 0 fully saturated rings. The summed E-state index contributed by atoms with van der Waals surface area (Å²) in [4.78, 5) is 3.71. The van der Waals surface area contributed by atoms with Crippen molar-refractivity contribution in [1.82, 2.24) is 14.8 Å². The second kappa shape index (κ2) is 9.32. The summed E-state index contributed by atoms with van der Waals surface area (Å²) in [5.74, 6) is 1.09. The van der Waals surface area contributed by atoms with Crippen LogP contribution in [0.25, 0.3) is 11.3 Å².